The first-order valence-electron chi connectivity index (χ1n) is 9.70. The van der Waals surface area contributed by atoms with Crippen molar-refractivity contribution in [2.24, 2.45) is 0 Å². The monoisotopic (exact) mass is 403 g/mol. The Hall–Kier alpha value is -3.74. The molecule has 3 aromatic rings. The van der Waals surface area contributed by atoms with Crippen molar-refractivity contribution < 1.29 is 19.1 Å². The van der Waals surface area contributed by atoms with Crippen molar-refractivity contribution in [3.63, 3.8) is 0 Å². The zero-order chi connectivity index (χ0) is 21.3. The van der Waals surface area contributed by atoms with Gasteiger partial charge in [0.05, 0.1) is 22.5 Å². The molecule has 1 aliphatic heterocycles. The minimum Gasteiger partial charge on any atom is -0.452 e. The highest BCUT2D eigenvalue weighted by Crippen LogP contribution is 2.29. The van der Waals surface area contributed by atoms with Crippen LogP contribution in [0, 0.1) is 0 Å². The number of fused-ring (bicyclic) bond motifs is 2. The molecule has 152 valence electrons. The smallest absolute Gasteiger partial charge is 0.339 e. The number of hydrogen-bond acceptors (Lipinski definition) is 5. The molecular weight excluding hydrogens is 382 g/mol. The van der Waals surface area contributed by atoms with E-state index in [-0.39, 0.29) is 18.4 Å². The average molecular weight is 403 g/mol. The number of aromatic nitrogens is 1. The van der Waals surface area contributed by atoms with Crippen LogP contribution in [0.3, 0.4) is 0 Å². The van der Waals surface area contributed by atoms with Crippen molar-refractivity contribution in [3.05, 3.63) is 65.9 Å². The average Bonchev–Trinajstić information content (AvgIpc) is 2.75. The summed E-state index contributed by atoms with van der Waals surface area (Å²) in [5.74, 6) is -1.23. The number of carbonyl (C=O) groups excluding carboxylic acids is 3. The van der Waals surface area contributed by atoms with Gasteiger partial charge in [0.25, 0.3) is 5.91 Å². The van der Waals surface area contributed by atoms with Crippen LogP contribution in [-0.4, -0.2) is 35.9 Å². The molecule has 0 saturated carbocycles. The van der Waals surface area contributed by atoms with Crippen LogP contribution in [-0.2, 0) is 14.3 Å². The molecule has 30 heavy (non-hydrogen) atoms. The number of carbonyl (C=O) groups is 3. The summed E-state index contributed by atoms with van der Waals surface area (Å²) in [4.78, 5) is 43.4. The topological polar surface area (TPSA) is 88.6 Å². The molecule has 2 amide bonds. The summed E-state index contributed by atoms with van der Waals surface area (Å²) in [6.45, 7) is 3.40. The lowest BCUT2D eigenvalue weighted by Gasteiger charge is -2.28. The molecular formula is C23H21N3O4. The maximum atomic E-state index is 12.8. The van der Waals surface area contributed by atoms with E-state index in [1.165, 1.54) is 4.90 Å². The van der Waals surface area contributed by atoms with Crippen molar-refractivity contribution in [2.45, 2.75) is 19.8 Å². The number of nitrogens with one attached hydrogen (secondary N) is 1. The maximum Gasteiger partial charge on any atom is 0.339 e. The Morgan fingerprint density at radius 2 is 1.87 bits per heavy atom. The Kier molecular flexibility index (Phi) is 5.18. The zero-order valence-electron chi connectivity index (χ0n) is 16.7. The number of amides is 2. The molecule has 4 rings (SSSR count). The molecule has 0 unspecified atom stereocenters. The van der Waals surface area contributed by atoms with Gasteiger partial charge in [-0.1, -0.05) is 44.2 Å². The summed E-state index contributed by atoms with van der Waals surface area (Å²) in [6.07, 6.45) is 0. The van der Waals surface area contributed by atoms with Crippen LogP contribution in [0.25, 0.3) is 10.9 Å². The highest BCUT2D eigenvalue weighted by molar-refractivity contribution is 6.11. The predicted octanol–water partition coefficient (Wildman–Crippen LogP) is 3.50. The number of ether oxygens (including phenoxy) is 1. The summed E-state index contributed by atoms with van der Waals surface area (Å²) in [5.41, 5.74) is 2.97. The number of hydrogen-bond donors (Lipinski definition) is 1. The third kappa shape index (κ3) is 3.74. The standard InChI is InChI=1S/C23H21N3O4/c1-14(2)19-11-16(15-7-3-4-8-17(15)24-19)23(29)30-13-22(28)26-12-21(27)25-18-9-5-6-10-20(18)26/h3-11,14H,12-13H2,1-2H3,(H,25,27). The number of rotatable bonds is 4. The fraction of sp³-hybridized carbons (Fsp3) is 0.217. The van der Waals surface area contributed by atoms with Crippen molar-refractivity contribution in [2.75, 3.05) is 23.4 Å². The third-order valence-corrected chi connectivity index (χ3v) is 4.95. The maximum absolute atomic E-state index is 12.8. The minimum atomic E-state index is -0.599. The highest BCUT2D eigenvalue weighted by atomic mass is 16.5. The van der Waals surface area contributed by atoms with E-state index in [1.807, 2.05) is 32.0 Å². The number of benzene rings is 2. The SMILES string of the molecule is CC(C)c1cc(C(=O)OCC(=O)N2CC(=O)Nc3ccccc32)c2ccccc2n1. The second kappa shape index (κ2) is 7.94. The van der Waals surface area contributed by atoms with Crippen molar-refractivity contribution in [1.29, 1.82) is 0 Å². The number of para-hydroxylation sites is 3. The minimum absolute atomic E-state index is 0.122. The highest BCUT2D eigenvalue weighted by Gasteiger charge is 2.27. The van der Waals surface area contributed by atoms with E-state index in [9.17, 15) is 14.4 Å². The molecule has 0 atom stereocenters. The Morgan fingerprint density at radius 3 is 2.67 bits per heavy atom. The quantitative estimate of drug-likeness (QED) is 0.674. The van der Waals surface area contributed by atoms with Crippen molar-refractivity contribution >= 4 is 40.1 Å². The van der Waals surface area contributed by atoms with Gasteiger partial charge >= 0.3 is 5.97 Å². The third-order valence-electron chi connectivity index (χ3n) is 4.95. The second-order valence-corrected chi connectivity index (χ2v) is 7.39. The molecule has 0 spiro atoms. The van der Waals surface area contributed by atoms with Gasteiger partial charge in [-0.15, -0.1) is 0 Å². The van der Waals surface area contributed by atoms with Gasteiger partial charge in [-0.2, -0.15) is 0 Å². The summed E-state index contributed by atoms with van der Waals surface area (Å²) in [5, 5.41) is 3.39. The summed E-state index contributed by atoms with van der Waals surface area (Å²) in [7, 11) is 0. The van der Waals surface area contributed by atoms with Crippen LogP contribution in [0.5, 0.6) is 0 Å². The predicted molar refractivity (Wildman–Crippen MR) is 114 cm³/mol. The fourth-order valence-corrected chi connectivity index (χ4v) is 3.40. The van der Waals surface area contributed by atoms with Gasteiger partial charge in [0, 0.05) is 11.1 Å². The van der Waals surface area contributed by atoms with Gasteiger partial charge in [-0.05, 0) is 30.2 Å². The molecule has 1 aliphatic rings. The molecule has 7 heteroatoms. The molecule has 0 bridgehead atoms. The van der Waals surface area contributed by atoms with Crippen LogP contribution in [0.15, 0.2) is 54.6 Å². The Bertz CT molecular complexity index is 1160. The fourth-order valence-electron chi connectivity index (χ4n) is 3.40. The molecule has 0 radical (unpaired) electrons. The van der Waals surface area contributed by atoms with E-state index in [2.05, 4.69) is 10.3 Å². The van der Waals surface area contributed by atoms with Crippen LogP contribution >= 0.6 is 0 Å². The van der Waals surface area contributed by atoms with E-state index >= 15 is 0 Å². The molecule has 2 aromatic carbocycles. The number of esters is 1. The summed E-state index contributed by atoms with van der Waals surface area (Å²) < 4.78 is 5.35. The Labute approximate surface area is 173 Å². The molecule has 1 N–H and O–H groups in total. The van der Waals surface area contributed by atoms with E-state index in [1.54, 1.807) is 36.4 Å². The van der Waals surface area contributed by atoms with Crippen LogP contribution in [0.1, 0.15) is 35.8 Å². The van der Waals surface area contributed by atoms with Crippen LogP contribution < -0.4 is 10.2 Å². The number of pyridine rings is 1. The van der Waals surface area contributed by atoms with Crippen molar-refractivity contribution in [1.82, 2.24) is 4.98 Å². The zero-order valence-corrected chi connectivity index (χ0v) is 16.7. The molecule has 0 aliphatic carbocycles. The first kappa shape index (κ1) is 19.6. The van der Waals surface area contributed by atoms with Gasteiger partial charge in [-0.25, -0.2) is 4.79 Å². The van der Waals surface area contributed by atoms with E-state index in [4.69, 9.17) is 4.74 Å². The summed E-state index contributed by atoms with van der Waals surface area (Å²) in [6, 6.07) is 16.0. The van der Waals surface area contributed by atoms with Gasteiger partial charge in [0.1, 0.15) is 6.54 Å². The second-order valence-electron chi connectivity index (χ2n) is 7.39. The molecule has 0 saturated heterocycles. The molecule has 7 nitrogen and oxygen atoms in total. The number of nitrogens with zero attached hydrogens (tertiary/aromatic N) is 2. The normalized spacial score (nSPS) is 13.2. The lowest BCUT2D eigenvalue weighted by Crippen LogP contribution is -2.44. The van der Waals surface area contributed by atoms with E-state index in [0.29, 0.717) is 27.8 Å². The number of anilines is 2. The van der Waals surface area contributed by atoms with Crippen molar-refractivity contribution in [3.8, 4) is 0 Å². The lowest BCUT2D eigenvalue weighted by atomic mass is 10.0. The molecule has 1 aromatic heterocycles. The van der Waals surface area contributed by atoms with Crippen LogP contribution in [0.4, 0.5) is 11.4 Å². The Morgan fingerprint density at radius 1 is 1.13 bits per heavy atom. The van der Waals surface area contributed by atoms with E-state index in [0.717, 1.165) is 5.69 Å². The largest absolute Gasteiger partial charge is 0.452 e. The van der Waals surface area contributed by atoms with Gasteiger partial charge in [-0.3, -0.25) is 19.5 Å². The van der Waals surface area contributed by atoms with Gasteiger partial charge in [0.2, 0.25) is 5.91 Å². The Balaban J connectivity index is 1.56. The first-order chi connectivity index (χ1) is 14.4. The molecule has 0 fully saturated rings. The van der Waals surface area contributed by atoms with E-state index < -0.39 is 18.5 Å². The molecule has 2 heterocycles. The lowest BCUT2D eigenvalue weighted by molar-refractivity contribution is -0.124. The van der Waals surface area contributed by atoms with Crippen LogP contribution in [0.2, 0.25) is 0 Å². The first-order valence-corrected chi connectivity index (χ1v) is 9.70. The van der Waals surface area contributed by atoms with Gasteiger partial charge in [0.15, 0.2) is 6.61 Å². The van der Waals surface area contributed by atoms with Gasteiger partial charge < -0.3 is 10.1 Å². The summed E-state index contributed by atoms with van der Waals surface area (Å²) >= 11 is 0.